The second-order valence-electron chi connectivity index (χ2n) is 6.55. The van der Waals surface area contributed by atoms with E-state index < -0.39 is 0 Å². The number of carbonyl (C=O) groups is 1. The third-order valence-corrected chi connectivity index (χ3v) is 3.30. The summed E-state index contributed by atoms with van der Waals surface area (Å²) in [6.07, 6.45) is 0.660. The summed E-state index contributed by atoms with van der Waals surface area (Å²) in [5, 5.41) is 3.32. The number of benzene rings is 2. The highest BCUT2D eigenvalue weighted by molar-refractivity contribution is 6.03. The Morgan fingerprint density at radius 1 is 1.04 bits per heavy atom. The quantitative estimate of drug-likeness (QED) is 0.517. The van der Waals surface area contributed by atoms with Gasteiger partial charge in [-0.3, -0.25) is 4.99 Å². The number of rotatable bonds is 4. The molecule has 0 saturated carbocycles. The van der Waals surface area contributed by atoms with Crippen molar-refractivity contribution in [2.45, 2.75) is 32.7 Å². The van der Waals surface area contributed by atoms with Gasteiger partial charge in [0.05, 0.1) is 23.9 Å². The lowest BCUT2D eigenvalue weighted by Crippen LogP contribution is -2.23. The van der Waals surface area contributed by atoms with Gasteiger partial charge in [-0.25, -0.2) is 4.79 Å². The van der Waals surface area contributed by atoms with E-state index >= 15 is 0 Å². The Bertz CT molecular complexity index is 716. The summed E-state index contributed by atoms with van der Waals surface area (Å²) in [6.45, 7) is 6.14. The SMILES string of the molecule is COC(=O)c1ccccc1NC(Cc1ccccc1)=NC(C)(C)C. The normalized spacial score (nSPS) is 11.9. The van der Waals surface area contributed by atoms with Gasteiger partial charge in [0.1, 0.15) is 5.84 Å². The molecular weight excluding hydrogens is 300 g/mol. The van der Waals surface area contributed by atoms with Gasteiger partial charge in [-0.05, 0) is 38.5 Å². The lowest BCUT2D eigenvalue weighted by Gasteiger charge is -2.19. The van der Waals surface area contributed by atoms with E-state index in [-0.39, 0.29) is 11.5 Å². The predicted molar refractivity (Wildman–Crippen MR) is 98.7 cm³/mol. The average Bonchev–Trinajstić information content (AvgIpc) is 2.54. The largest absolute Gasteiger partial charge is 0.465 e. The maximum absolute atomic E-state index is 12.0. The lowest BCUT2D eigenvalue weighted by atomic mass is 10.1. The standard InChI is InChI=1S/C20H24N2O2/c1-20(2,3)22-18(14-15-10-6-5-7-11-15)21-17-13-9-8-12-16(17)19(23)24-4/h5-13H,14H2,1-4H3,(H,21,22). The Hall–Kier alpha value is -2.62. The van der Waals surface area contributed by atoms with Crippen LogP contribution in [0.3, 0.4) is 0 Å². The summed E-state index contributed by atoms with van der Waals surface area (Å²) < 4.78 is 4.86. The van der Waals surface area contributed by atoms with E-state index in [1.165, 1.54) is 7.11 Å². The number of carbonyl (C=O) groups excluding carboxylic acids is 1. The molecule has 1 N–H and O–H groups in total. The highest BCUT2D eigenvalue weighted by Gasteiger charge is 2.15. The van der Waals surface area contributed by atoms with Gasteiger partial charge < -0.3 is 10.1 Å². The molecule has 2 rings (SSSR count). The Morgan fingerprint density at radius 2 is 1.67 bits per heavy atom. The van der Waals surface area contributed by atoms with Crippen molar-refractivity contribution in [3.8, 4) is 0 Å². The summed E-state index contributed by atoms with van der Waals surface area (Å²) in [5.41, 5.74) is 2.12. The lowest BCUT2D eigenvalue weighted by molar-refractivity contribution is 0.0602. The number of nitrogens with zero attached hydrogens (tertiary/aromatic N) is 1. The molecule has 0 aliphatic heterocycles. The molecular formula is C20H24N2O2. The summed E-state index contributed by atoms with van der Waals surface area (Å²) in [5.74, 6) is 0.443. The molecule has 0 radical (unpaired) electrons. The zero-order valence-corrected chi connectivity index (χ0v) is 14.7. The van der Waals surface area contributed by atoms with Crippen LogP contribution in [0.25, 0.3) is 0 Å². The first-order valence-electron chi connectivity index (χ1n) is 7.96. The predicted octanol–water partition coefficient (Wildman–Crippen LogP) is 4.32. The van der Waals surface area contributed by atoms with Crippen molar-refractivity contribution in [3.05, 3.63) is 65.7 Å². The highest BCUT2D eigenvalue weighted by atomic mass is 16.5. The number of nitrogens with one attached hydrogen (secondary N) is 1. The zero-order valence-electron chi connectivity index (χ0n) is 14.7. The number of hydrogen-bond acceptors (Lipinski definition) is 3. The highest BCUT2D eigenvalue weighted by Crippen LogP contribution is 2.18. The number of methoxy groups -OCH3 is 1. The van der Waals surface area contributed by atoms with Gasteiger partial charge in [0.15, 0.2) is 0 Å². The Labute approximate surface area is 143 Å². The van der Waals surface area contributed by atoms with Crippen molar-refractivity contribution in [3.63, 3.8) is 0 Å². The second kappa shape index (κ2) is 7.77. The molecule has 0 aliphatic carbocycles. The Balaban J connectivity index is 2.33. The van der Waals surface area contributed by atoms with Gasteiger partial charge in [-0.1, -0.05) is 42.5 Å². The molecule has 0 amide bonds. The number of esters is 1. The molecule has 0 fully saturated rings. The van der Waals surface area contributed by atoms with Gasteiger partial charge in [0.2, 0.25) is 0 Å². The molecule has 0 spiro atoms. The van der Waals surface area contributed by atoms with Crippen molar-refractivity contribution in [2.24, 2.45) is 4.99 Å². The van der Waals surface area contributed by atoms with Crippen LogP contribution in [0.5, 0.6) is 0 Å². The van der Waals surface area contributed by atoms with Crippen LogP contribution in [0.2, 0.25) is 0 Å². The van der Waals surface area contributed by atoms with Crippen molar-refractivity contribution in [1.82, 2.24) is 0 Å². The minimum Gasteiger partial charge on any atom is -0.465 e. The van der Waals surface area contributed by atoms with E-state index in [0.717, 1.165) is 11.4 Å². The van der Waals surface area contributed by atoms with Crippen LogP contribution in [0, 0.1) is 0 Å². The zero-order chi connectivity index (χ0) is 17.6. The molecule has 126 valence electrons. The number of hydrogen-bond donors (Lipinski definition) is 1. The second-order valence-corrected chi connectivity index (χ2v) is 6.55. The summed E-state index contributed by atoms with van der Waals surface area (Å²) >= 11 is 0. The maximum atomic E-state index is 12.0. The van der Waals surface area contributed by atoms with Crippen molar-refractivity contribution in [2.75, 3.05) is 12.4 Å². The maximum Gasteiger partial charge on any atom is 0.339 e. The van der Waals surface area contributed by atoms with Crippen molar-refractivity contribution >= 4 is 17.5 Å². The smallest absolute Gasteiger partial charge is 0.339 e. The van der Waals surface area contributed by atoms with E-state index in [4.69, 9.17) is 9.73 Å². The summed E-state index contributed by atoms with van der Waals surface area (Å²) in [7, 11) is 1.38. The van der Waals surface area contributed by atoms with Crippen molar-refractivity contribution in [1.29, 1.82) is 0 Å². The summed E-state index contributed by atoms with van der Waals surface area (Å²) in [6, 6.07) is 17.4. The monoisotopic (exact) mass is 324 g/mol. The van der Waals surface area contributed by atoms with E-state index in [1.54, 1.807) is 6.07 Å². The minimum absolute atomic E-state index is 0.225. The van der Waals surface area contributed by atoms with Crippen LogP contribution in [0.1, 0.15) is 36.7 Å². The summed E-state index contributed by atoms with van der Waals surface area (Å²) in [4.78, 5) is 16.7. The molecule has 4 nitrogen and oxygen atoms in total. The molecule has 0 atom stereocenters. The van der Waals surface area contributed by atoms with E-state index in [2.05, 4.69) is 17.4 Å². The van der Waals surface area contributed by atoms with Gasteiger partial charge >= 0.3 is 5.97 Å². The van der Waals surface area contributed by atoms with Gasteiger partial charge in [0, 0.05) is 6.42 Å². The molecule has 24 heavy (non-hydrogen) atoms. The molecule has 0 aromatic heterocycles. The fourth-order valence-electron chi connectivity index (χ4n) is 2.34. The third-order valence-electron chi connectivity index (χ3n) is 3.30. The fourth-order valence-corrected chi connectivity index (χ4v) is 2.34. The first kappa shape index (κ1) is 17.7. The van der Waals surface area contributed by atoms with Crippen LogP contribution < -0.4 is 5.32 Å². The van der Waals surface area contributed by atoms with Gasteiger partial charge in [0.25, 0.3) is 0 Å². The Morgan fingerprint density at radius 3 is 2.29 bits per heavy atom. The average molecular weight is 324 g/mol. The van der Waals surface area contributed by atoms with Crippen LogP contribution in [-0.2, 0) is 11.2 Å². The van der Waals surface area contributed by atoms with Crippen LogP contribution in [0.4, 0.5) is 5.69 Å². The van der Waals surface area contributed by atoms with Crippen LogP contribution >= 0.6 is 0 Å². The molecule has 0 saturated heterocycles. The number of para-hydroxylation sites is 1. The first-order valence-corrected chi connectivity index (χ1v) is 7.96. The first-order chi connectivity index (χ1) is 11.4. The van der Waals surface area contributed by atoms with Gasteiger partial charge in [-0.2, -0.15) is 0 Å². The Kier molecular flexibility index (Phi) is 5.74. The van der Waals surface area contributed by atoms with E-state index in [9.17, 15) is 4.79 Å². The van der Waals surface area contributed by atoms with Crippen molar-refractivity contribution < 1.29 is 9.53 Å². The molecule has 0 bridgehead atoms. The van der Waals surface area contributed by atoms with E-state index in [1.807, 2.05) is 57.2 Å². The molecule has 2 aromatic rings. The van der Waals surface area contributed by atoms with E-state index in [0.29, 0.717) is 17.7 Å². The molecule has 0 aliphatic rings. The number of aliphatic imine (C=N–C) groups is 1. The molecule has 2 aromatic carbocycles. The topological polar surface area (TPSA) is 50.7 Å². The third kappa shape index (κ3) is 5.23. The van der Waals surface area contributed by atoms with Gasteiger partial charge in [-0.15, -0.1) is 0 Å². The molecule has 0 heterocycles. The number of ether oxygens (including phenoxy) is 1. The molecule has 4 heteroatoms. The van der Waals surface area contributed by atoms with Crippen LogP contribution in [0.15, 0.2) is 59.6 Å². The number of amidine groups is 1. The number of anilines is 1. The van der Waals surface area contributed by atoms with Crippen LogP contribution in [-0.4, -0.2) is 24.5 Å². The fraction of sp³-hybridized carbons (Fsp3) is 0.300. The molecule has 0 unspecified atom stereocenters. The minimum atomic E-state index is -0.368.